The summed E-state index contributed by atoms with van der Waals surface area (Å²) >= 11 is 0. The third-order valence-electron chi connectivity index (χ3n) is 5.50. The van der Waals surface area contributed by atoms with Crippen molar-refractivity contribution in [1.82, 2.24) is 0 Å². The summed E-state index contributed by atoms with van der Waals surface area (Å²) < 4.78 is 11.4. The van der Waals surface area contributed by atoms with E-state index in [2.05, 4.69) is 18.7 Å². The highest BCUT2D eigenvalue weighted by molar-refractivity contribution is 6.03. The number of hydrogen-bond donors (Lipinski definition) is 0. The molecule has 1 aliphatic carbocycles. The van der Waals surface area contributed by atoms with Crippen LogP contribution in [0.1, 0.15) is 41.3 Å². The maximum absolute atomic E-state index is 13.0. The summed E-state index contributed by atoms with van der Waals surface area (Å²) in [6, 6.07) is 11.3. The predicted molar refractivity (Wildman–Crippen MR) is 112 cm³/mol. The molecule has 0 spiro atoms. The molecular weight excluding hydrogens is 366 g/mol. The molecule has 0 N–H and O–H groups in total. The summed E-state index contributed by atoms with van der Waals surface area (Å²) in [6.45, 7) is 5.82. The second kappa shape index (κ2) is 8.11. The van der Waals surface area contributed by atoms with Gasteiger partial charge in [-0.2, -0.15) is 0 Å². The van der Waals surface area contributed by atoms with Gasteiger partial charge in [0, 0.05) is 12.1 Å². The lowest BCUT2D eigenvalue weighted by atomic mass is 9.92. The molecule has 1 heterocycles. The van der Waals surface area contributed by atoms with Crippen LogP contribution in [-0.2, 0) is 17.6 Å². The molecule has 1 aliphatic heterocycles. The van der Waals surface area contributed by atoms with Crippen molar-refractivity contribution in [2.45, 2.75) is 38.7 Å². The minimum absolute atomic E-state index is 0.00796. The molecule has 0 aromatic heterocycles. The highest BCUT2D eigenvalue weighted by Gasteiger charge is 2.27. The van der Waals surface area contributed by atoms with Crippen LogP contribution in [0, 0.1) is 0 Å². The van der Waals surface area contributed by atoms with Crippen LogP contribution >= 0.6 is 0 Å². The minimum atomic E-state index is -0.636. The Labute approximate surface area is 170 Å². The van der Waals surface area contributed by atoms with Gasteiger partial charge in [0.2, 0.25) is 5.78 Å². The predicted octanol–water partition coefficient (Wildman–Crippen LogP) is 4.13. The van der Waals surface area contributed by atoms with E-state index in [4.69, 9.17) is 9.47 Å². The fraction of sp³-hybridized carbons (Fsp3) is 0.333. The lowest BCUT2D eigenvalue weighted by Gasteiger charge is -2.29. The zero-order valence-electron chi connectivity index (χ0n) is 16.6. The number of carbonyl (C=O) groups excluding carboxylic acids is 2. The summed E-state index contributed by atoms with van der Waals surface area (Å²) in [5.74, 6) is 1.02. The minimum Gasteiger partial charge on any atom is -0.483 e. The van der Waals surface area contributed by atoms with Crippen molar-refractivity contribution in [2.75, 3.05) is 18.1 Å². The smallest absolute Gasteiger partial charge is 0.265 e. The quantitative estimate of drug-likeness (QED) is 0.549. The summed E-state index contributed by atoms with van der Waals surface area (Å²) in [5.41, 5.74) is 3.77. The van der Waals surface area contributed by atoms with Gasteiger partial charge in [-0.05, 0) is 74.1 Å². The lowest BCUT2D eigenvalue weighted by Crippen LogP contribution is -2.39. The molecule has 1 amide bonds. The van der Waals surface area contributed by atoms with E-state index in [-0.39, 0.29) is 18.3 Å². The van der Waals surface area contributed by atoms with Gasteiger partial charge in [-0.25, -0.2) is 0 Å². The van der Waals surface area contributed by atoms with E-state index < -0.39 is 6.10 Å². The number of benzene rings is 2. The summed E-state index contributed by atoms with van der Waals surface area (Å²) in [4.78, 5) is 26.7. The molecule has 2 aromatic rings. The number of nitrogens with zero attached hydrogens (tertiary/aromatic N) is 1. The van der Waals surface area contributed by atoms with E-state index in [0.29, 0.717) is 23.5 Å². The zero-order chi connectivity index (χ0) is 20.4. The highest BCUT2D eigenvalue weighted by atomic mass is 16.5. The number of carbonyl (C=O) groups is 2. The number of anilines is 1. The van der Waals surface area contributed by atoms with Crippen LogP contribution < -0.4 is 14.4 Å². The van der Waals surface area contributed by atoms with Crippen molar-refractivity contribution in [3.8, 4) is 11.5 Å². The molecule has 2 aliphatic rings. The van der Waals surface area contributed by atoms with Gasteiger partial charge in [-0.3, -0.25) is 9.59 Å². The maximum Gasteiger partial charge on any atom is 0.265 e. The molecule has 1 atom stereocenters. The van der Waals surface area contributed by atoms with Crippen LogP contribution in [0.25, 0.3) is 0 Å². The Hall–Kier alpha value is -3.08. The van der Waals surface area contributed by atoms with E-state index in [0.717, 1.165) is 18.6 Å². The average molecular weight is 391 g/mol. The Morgan fingerprint density at radius 1 is 1.21 bits per heavy atom. The molecular formula is C24H25NO4. The first-order valence-electron chi connectivity index (χ1n) is 10.1. The van der Waals surface area contributed by atoms with Crippen LogP contribution in [-0.4, -0.2) is 30.9 Å². The standard InChI is InChI=1S/C24H25NO4/c1-3-12-25-21-14-19(9-11-22(21)28-15-23(25)26)24(27)16(2)29-20-10-8-17-6-4-5-7-18(17)13-20/h3,8-11,13-14,16H,1,4-7,12,15H2,2H3. The number of fused-ring (bicyclic) bond motifs is 2. The van der Waals surface area contributed by atoms with Crippen molar-refractivity contribution in [3.05, 3.63) is 65.7 Å². The number of amides is 1. The molecule has 0 radical (unpaired) electrons. The molecule has 0 saturated heterocycles. The van der Waals surface area contributed by atoms with Crippen molar-refractivity contribution in [2.24, 2.45) is 0 Å². The normalized spacial score (nSPS) is 16.3. The summed E-state index contributed by atoms with van der Waals surface area (Å²) in [7, 11) is 0. The largest absolute Gasteiger partial charge is 0.483 e. The third-order valence-corrected chi connectivity index (χ3v) is 5.50. The molecule has 0 bridgehead atoms. The Balaban J connectivity index is 1.53. The number of aryl methyl sites for hydroxylation is 2. The Morgan fingerprint density at radius 2 is 2.00 bits per heavy atom. The van der Waals surface area contributed by atoms with Crippen molar-refractivity contribution in [1.29, 1.82) is 0 Å². The van der Waals surface area contributed by atoms with Gasteiger partial charge >= 0.3 is 0 Å². The monoisotopic (exact) mass is 391 g/mol. The van der Waals surface area contributed by atoms with E-state index >= 15 is 0 Å². The Morgan fingerprint density at radius 3 is 2.79 bits per heavy atom. The van der Waals surface area contributed by atoms with Gasteiger partial charge < -0.3 is 14.4 Å². The molecule has 1 unspecified atom stereocenters. The topological polar surface area (TPSA) is 55.8 Å². The first kappa shape index (κ1) is 19.2. The van der Waals surface area contributed by atoms with Crippen molar-refractivity contribution < 1.29 is 19.1 Å². The lowest BCUT2D eigenvalue weighted by molar-refractivity contribution is -0.121. The second-order valence-electron chi connectivity index (χ2n) is 7.53. The molecule has 4 rings (SSSR count). The molecule has 0 fully saturated rings. The SMILES string of the molecule is C=CCN1C(=O)COc2ccc(C(=O)C(C)Oc3ccc4c(c3)CCCC4)cc21. The first-order valence-corrected chi connectivity index (χ1v) is 10.1. The van der Waals surface area contributed by atoms with Crippen LogP contribution in [0.3, 0.4) is 0 Å². The Bertz CT molecular complexity index is 965. The van der Waals surface area contributed by atoms with E-state index in [1.54, 1.807) is 36.1 Å². The van der Waals surface area contributed by atoms with Gasteiger partial charge in [0.15, 0.2) is 12.7 Å². The van der Waals surface area contributed by atoms with Crippen LogP contribution in [0.2, 0.25) is 0 Å². The summed E-state index contributed by atoms with van der Waals surface area (Å²) in [5, 5.41) is 0. The van der Waals surface area contributed by atoms with Crippen LogP contribution in [0.15, 0.2) is 49.1 Å². The molecule has 2 aromatic carbocycles. The van der Waals surface area contributed by atoms with Gasteiger partial charge in [0.25, 0.3) is 5.91 Å². The number of ketones is 1. The van der Waals surface area contributed by atoms with E-state index in [1.807, 2.05) is 6.07 Å². The molecule has 150 valence electrons. The van der Waals surface area contributed by atoms with E-state index in [1.165, 1.54) is 24.0 Å². The second-order valence-corrected chi connectivity index (χ2v) is 7.53. The zero-order valence-corrected chi connectivity index (χ0v) is 16.6. The van der Waals surface area contributed by atoms with Gasteiger partial charge in [-0.1, -0.05) is 12.1 Å². The van der Waals surface area contributed by atoms with Crippen molar-refractivity contribution in [3.63, 3.8) is 0 Å². The Kier molecular flexibility index (Phi) is 5.38. The molecule has 29 heavy (non-hydrogen) atoms. The average Bonchev–Trinajstić information content (AvgIpc) is 2.75. The third kappa shape index (κ3) is 3.90. The fourth-order valence-corrected chi connectivity index (χ4v) is 3.96. The van der Waals surface area contributed by atoms with Gasteiger partial charge in [-0.15, -0.1) is 6.58 Å². The van der Waals surface area contributed by atoms with E-state index in [9.17, 15) is 9.59 Å². The molecule has 5 heteroatoms. The fourth-order valence-electron chi connectivity index (χ4n) is 3.96. The highest BCUT2D eigenvalue weighted by Crippen LogP contribution is 2.33. The maximum atomic E-state index is 13.0. The van der Waals surface area contributed by atoms with Gasteiger partial charge in [0.05, 0.1) is 5.69 Å². The van der Waals surface area contributed by atoms with Gasteiger partial charge in [0.1, 0.15) is 11.5 Å². The van der Waals surface area contributed by atoms with Crippen LogP contribution in [0.4, 0.5) is 5.69 Å². The number of ether oxygens (including phenoxy) is 2. The number of rotatable bonds is 6. The van der Waals surface area contributed by atoms with Crippen molar-refractivity contribution >= 4 is 17.4 Å². The number of Topliss-reactive ketones (excluding diaryl/α,β-unsaturated/α-hetero) is 1. The first-order chi connectivity index (χ1) is 14.1. The molecule has 5 nitrogen and oxygen atoms in total. The van der Waals surface area contributed by atoms with Crippen LogP contribution in [0.5, 0.6) is 11.5 Å². The summed E-state index contributed by atoms with van der Waals surface area (Å²) in [6.07, 6.45) is 5.62. The molecule has 0 saturated carbocycles. The number of hydrogen-bond acceptors (Lipinski definition) is 4.